The first-order valence-electron chi connectivity index (χ1n) is 10.6. The van der Waals surface area contributed by atoms with E-state index in [1.807, 2.05) is 0 Å². The van der Waals surface area contributed by atoms with Crippen LogP contribution in [0.5, 0.6) is 11.6 Å². The molecule has 2 N–H and O–H groups in total. The van der Waals surface area contributed by atoms with Gasteiger partial charge in [0.05, 0.1) is 6.54 Å². The Morgan fingerprint density at radius 3 is 2.40 bits per heavy atom. The summed E-state index contributed by atoms with van der Waals surface area (Å²) in [4.78, 5) is 29.9. The van der Waals surface area contributed by atoms with Gasteiger partial charge in [-0.3, -0.25) is 9.69 Å². The van der Waals surface area contributed by atoms with E-state index in [0.29, 0.717) is 0 Å². The number of amides is 2. The van der Waals surface area contributed by atoms with Gasteiger partial charge < -0.3 is 19.8 Å². The molecule has 2 aromatic rings. The molecule has 1 aromatic carbocycles. The first-order chi connectivity index (χ1) is 16.1. The highest BCUT2D eigenvalue weighted by molar-refractivity contribution is 5.94. The first kappa shape index (κ1) is 26.2. The van der Waals surface area contributed by atoms with Gasteiger partial charge in [0.1, 0.15) is 23.7 Å². The summed E-state index contributed by atoms with van der Waals surface area (Å²) in [5.74, 6) is -1.02. The van der Waals surface area contributed by atoms with E-state index in [-0.39, 0.29) is 36.5 Å². The monoisotopic (exact) mass is 499 g/mol. The number of carbonyl (C=O) groups excluding carboxylic acids is 1. The van der Waals surface area contributed by atoms with Gasteiger partial charge in [0.2, 0.25) is 5.88 Å². The summed E-state index contributed by atoms with van der Waals surface area (Å²) in [5.41, 5.74) is -2.06. The molecule has 0 bridgehead atoms. The summed E-state index contributed by atoms with van der Waals surface area (Å²) in [5, 5.41) is 19.0. The molecule has 12 heteroatoms. The van der Waals surface area contributed by atoms with Gasteiger partial charge in [0.25, 0.3) is 5.91 Å². The van der Waals surface area contributed by atoms with Gasteiger partial charge in [0, 0.05) is 30.3 Å². The Morgan fingerprint density at radius 2 is 1.86 bits per heavy atom. The van der Waals surface area contributed by atoms with Crippen molar-refractivity contribution in [2.75, 3.05) is 13.1 Å². The van der Waals surface area contributed by atoms with Crippen molar-refractivity contribution in [2.24, 2.45) is 0 Å². The van der Waals surface area contributed by atoms with Crippen LogP contribution in [0.15, 0.2) is 36.4 Å². The van der Waals surface area contributed by atoms with E-state index in [9.17, 15) is 37.4 Å². The minimum Gasteiger partial charge on any atom is -0.465 e. The molecule has 190 valence electrons. The van der Waals surface area contributed by atoms with Crippen molar-refractivity contribution < 1.29 is 42.1 Å². The van der Waals surface area contributed by atoms with E-state index in [1.54, 1.807) is 20.8 Å². The molecule has 35 heavy (non-hydrogen) atoms. The summed E-state index contributed by atoms with van der Waals surface area (Å²) in [7, 11) is 0. The molecule has 1 aliphatic heterocycles. The van der Waals surface area contributed by atoms with E-state index < -0.39 is 47.6 Å². The number of β-amino-alcohol motifs (C(OH)–C–C–N with tert-alkyl or cyclic N) is 1. The van der Waals surface area contributed by atoms with Crippen LogP contribution in [-0.2, 0) is 12.7 Å². The zero-order valence-corrected chi connectivity index (χ0v) is 19.2. The van der Waals surface area contributed by atoms with Crippen molar-refractivity contribution >= 4 is 12.0 Å². The van der Waals surface area contributed by atoms with E-state index in [4.69, 9.17) is 4.74 Å². The lowest BCUT2D eigenvalue weighted by Crippen LogP contribution is -2.44. The summed E-state index contributed by atoms with van der Waals surface area (Å²) in [6, 6.07) is 7.46. The van der Waals surface area contributed by atoms with Crippen LogP contribution >= 0.6 is 0 Å². The maximum Gasteiger partial charge on any atom is 0.433 e. The minimum atomic E-state index is -4.82. The molecule has 1 fully saturated rings. The molecule has 2 atom stereocenters. The highest BCUT2D eigenvalue weighted by Gasteiger charge is 2.36. The number of hydrogen-bond donors (Lipinski definition) is 2. The fourth-order valence-corrected chi connectivity index (χ4v) is 3.53. The lowest BCUT2D eigenvalue weighted by atomic mass is 10.1. The SMILES string of the molecule is CC(C)(C)N(Cc1cc(Oc2cccc(C(=O)N3C[C@H](O)[C@@H](F)C3)c2)nc(C(F)(F)F)c1)C(=O)O. The van der Waals surface area contributed by atoms with E-state index in [1.165, 1.54) is 30.3 Å². The minimum absolute atomic E-state index is 0.00363. The smallest absolute Gasteiger partial charge is 0.433 e. The average Bonchev–Trinajstić information content (AvgIpc) is 3.08. The number of hydrogen-bond acceptors (Lipinski definition) is 5. The highest BCUT2D eigenvalue weighted by atomic mass is 19.4. The summed E-state index contributed by atoms with van der Waals surface area (Å²) in [6.45, 7) is 4.02. The number of ether oxygens (including phenoxy) is 1. The third-order valence-corrected chi connectivity index (χ3v) is 5.34. The number of aliphatic hydroxyl groups excluding tert-OH is 1. The summed E-state index contributed by atoms with van der Waals surface area (Å²) >= 11 is 0. The predicted molar refractivity (Wildman–Crippen MR) is 116 cm³/mol. The second-order valence-electron chi connectivity index (χ2n) is 9.16. The number of aliphatic hydroxyl groups is 1. The quantitative estimate of drug-likeness (QED) is 0.594. The number of nitrogens with zero attached hydrogens (tertiary/aromatic N) is 3. The molecule has 0 aliphatic carbocycles. The molecule has 0 spiro atoms. The van der Waals surface area contributed by atoms with Crippen LogP contribution in [0, 0.1) is 0 Å². The number of carbonyl (C=O) groups is 2. The molecule has 1 saturated heterocycles. The lowest BCUT2D eigenvalue weighted by Gasteiger charge is -2.33. The number of halogens is 4. The fraction of sp³-hybridized carbons (Fsp3) is 0.435. The normalized spacial score (nSPS) is 18.5. The van der Waals surface area contributed by atoms with Crippen LogP contribution in [0.2, 0.25) is 0 Å². The highest BCUT2D eigenvalue weighted by Crippen LogP contribution is 2.32. The molecule has 1 aliphatic rings. The van der Waals surface area contributed by atoms with Crippen molar-refractivity contribution in [2.45, 2.75) is 51.3 Å². The second-order valence-corrected chi connectivity index (χ2v) is 9.16. The molecule has 0 unspecified atom stereocenters. The number of likely N-dealkylation sites (tertiary alicyclic amines) is 1. The Hall–Kier alpha value is -3.41. The zero-order valence-electron chi connectivity index (χ0n) is 19.2. The van der Waals surface area contributed by atoms with Crippen molar-refractivity contribution in [3.8, 4) is 11.6 Å². The van der Waals surface area contributed by atoms with Crippen molar-refractivity contribution in [3.63, 3.8) is 0 Å². The van der Waals surface area contributed by atoms with Crippen molar-refractivity contribution in [1.29, 1.82) is 0 Å². The topological polar surface area (TPSA) is 103 Å². The average molecular weight is 499 g/mol. The number of rotatable bonds is 5. The summed E-state index contributed by atoms with van der Waals surface area (Å²) < 4.78 is 59.5. The molecule has 8 nitrogen and oxygen atoms in total. The Labute approximate surface area is 198 Å². The third-order valence-electron chi connectivity index (χ3n) is 5.34. The number of benzene rings is 1. The van der Waals surface area contributed by atoms with E-state index >= 15 is 0 Å². The third kappa shape index (κ3) is 6.38. The number of carboxylic acid groups (broad SMARTS) is 1. The van der Waals surface area contributed by atoms with Crippen LogP contribution in [0.3, 0.4) is 0 Å². The van der Waals surface area contributed by atoms with Gasteiger partial charge in [-0.2, -0.15) is 13.2 Å². The van der Waals surface area contributed by atoms with E-state index in [0.717, 1.165) is 15.9 Å². The molecular formula is C23H25F4N3O5. The van der Waals surface area contributed by atoms with Crippen LogP contribution < -0.4 is 4.74 Å². The van der Waals surface area contributed by atoms with Crippen LogP contribution in [0.4, 0.5) is 22.4 Å². The molecule has 0 radical (unpaired) electrons. The number of aromatic nitrogens is 1. The van der Waals surface area contributed by atoms with E-state index in [2.05, 4.69) is 4.98 Å². The Bertz CT molecular complexity index is 1090. The Morgan fingerprint density at radius 1 is 1.17 bits per heavy atom. The van der Waals surface area contributed by atoms with Gasteiger partial charge >= 0.3 is 12.3 Å². The standard InChI is InChI=1S/C23H25F4N3O5/c1-22(2,3)30(21(33)34)10-13-7-18(23(25,26)27)28-19(8-13)35-15-6-4-5-14(9-15)20(32)29-11-16(24)17(31)12-29/h4-9,16-17,31H,10-12H2,1-3H3,(H,33,34)/t16-,17-/m0/s1. The largest absolute Gasteiger partial charge is 0.465 e. The van der Waals surface area contributed by atoms with Crippen LogP contribution in [0.25, 0.3) is 0 Å². The maximum atomic E-state index is 13.6. The second kappa shape index (κ2) is 9.68. The zero-order chi connectivity index (χ0) is 26.1. The van der Waals surface area contributed by atoms with Crippen molar-refractivity contribution in [3.05, 3.63) is 53.2 Å². The molecule has 0 saturated carbocycles. The molecule has 1 aromatic heterocycles. The van der Waals surface area contributed by atoms with Gasteiger partial charge in [-0.15, -0.1) is 0 Å². The van der Waals surface area contributed by atoms with Gasteiger partial charge in [-0.05, 0) is 50.6 Å². The predicted octanol–water partition coefficient (Wildman–Crippen LogP) is 4.33. The first-order valence-corrected chi connectivity index (χ1v) is 10.6. The van der Waals surface area contributed by atoms with Crippen LogP contribution in [-0.4, -0.2) is 67.9 Å². The van der Waals surface area contributed by atoms with Gasteiger partial charge in [-0.25, -0.2) is 14.2 Å². The molecular weight excluding hydrogens is 474 g/mol. The maximum absolute atomic E-state index is 13.6. The fourth-order valence-electron chi connectivity index (χ4n) is 3.53. The summed E-state index contributed by atoms with van der Waals surface area (Å²) in [6.07, 6.45) is -8.98. The van der Waals surface area contributed by atoms with Crippen molar-refractivity contribution in [1.82, 2.24) is 14.8 Å². The van der Waals surface area contributed by atoms with Gasteiger partial charge in [-0.1, -0.05) is 6.07 Å². The Kier molecular flexibility index (Phi) is 7.25. The molecule has 2 amide bonds. The lowest BCUT2D eigenvalue weighted by molar-refractivity contribution is -0.141. The molecule has 3 rings (SSSR count). The number of pyridine rings is 1. The number of alkyl halides is 4. The van der Waals surface area contributed by atoms with Gasteiger partial charge in [0.15, 0.2) is 0 Å². The van der Waals surface area contributed by atoms with Crippen LogP contribution in [0.1, 0.15) is 42.4 Å². The Balaban J connectivity index is 1.90. The molecule has 2 heterocycles.